The van der Waals surface area contributed by atoms with Crippen molar-refractivity contribution in [3.63, 3.8) is 0 Å². The summed E-state index contributed by atoms with van der Waals surface area (Å²) in [4.78, 5) is 31.6. The first-order valence-electron chi connectivity index (χ1n) is 10.7. The summed E-state index contributed by atoms with van der Waals surface area (Å²) in [6.45, 7) is 1.13. The van der Waals surface area contributed by atoms with Gasteiger partial charge in [-0.05, 0) is 29.3 Å². The van der Waals surface area contributed by atoms with Crippen molar-refractivity contribution in [3.05, 3.63) is 83.0 Å². The average Bonchev–Trinajstić information content (AvgIpc) is 2.86. The maximum absolute atomic E-state index is 12.8. The number of anilines is 1. The highest BCUT2D eigenvalue weighted by atomic mass is 16.5. The molecule has 1 aliphatic rings. The van der Waals surface area contributed by atoms with E-state index in [1.54, 1.807) is 30.2 Å². The Morgan fingerprint density at radius 2 is 1.82 bits per heavy atom. The van der Waals surface area contributed by atoms with Gasteiger partial charge in [0.25, 0.3) is 11.8 Å². The molecule has 0 saturated heterocycles. The highest BCUT2D eigenvalue weighted by Gasteiger charge is 2.25. The van der Waals surface area contributed by atoms with Crippen molar-refractivity contribution in [1.29, 1.82) is 0 Å². The third-order valence-electron chi connectivity index (χ3n) is 5.51. The third kappa shape index (κ3) is 5.23. The summed E-state index contributed by atoms with van der Waals surface area (Å²) in [7, 11) is 1.55. The van der Waals surface area contributed by atoms with Crippen LogP contribution in [0.15, 0.2) is 60.7 Å². The van der Waals surface area contributed by atoms with Crippen LogP contribution in [-0.2, 0) is 24.3 Å². The molecule has 0 bridgehead atoms. The molecule has 1 aliphatic heterocycles. The van der Waals surface area contributed by atoms with Crippen LogP contribution in [0, 0.1) is 0 Å². The summed E-state index contributed by atoms with van der Waals surface area (Å²) in [6, 6.07) is 18.5. The molecule has 0 atom stereocenters. The van der Waals surface area contributed by atoms with Crippen LogP contribution in [0.2, 0.25) is 0 Å². The molecule has 33 heavy (non-hydrogen) atoms. The second-order valence-electron chi connectivity index (χ2n) is 7.70. The van der Waals surface area contributed by atoms with Crippen molar-refractivity contribution < 1.29 is 19.1 Å². The summed E-state index contributed by atoms with van der Waals surface area (Å²) < 4.78 is 10.9. The minimum absolute atomic E-state index is 0.109. The Hall–Kier alpha value is -4.07. The van der Waals surface area contributed by atoms with Crippen LogP contribution in [0.4, 0.5) is 5.82 Å². The summed E-state index contributed by atoms with van der Waals surface area (Å²) in [5.41, 5.74) is 8.98. The number of ether oxygens (including phenoxy) is 2. The molecule has 0 saturated carbocycles. The van der Waals surface area contributed by atoms with E-state index in [2.05, 4.69) is 10.3 Å². The SMILES string of the molecule is COc1ccccc1OCC(=O)N1CCc2nc(N)c(C(=O)NCc3ccccc3)cc2C1. The number of hydrogen-bond acceptors (Lipinski definition) is 6. The molecule has 3 aromatic rings. The number of benzene rings is 2. The Morgan fingerprint density at radius 3 is 2.58 bits per heavy atom. The number of aromatic nitrogens is 1. The van der Waals surface area contributed by atoms with Crippen LogP contribution in [0.3, 0.4) is 0 Å². The smallest absolute Gasteiger partial charge is 0.260 e. The van der Waals surface area contributed by atoms with Gasteiger partial charge in [0.15, 0.2) is 18.1 Å². The number of rotatable bonds is 7. The number of carbonyl (C=O) groups excluding carboxylic acids is 2. The second kappa shape index (κ2) is 10.0. The first kappa shape index (κ1) is 22.1. The number of pyridine rings is 1. The Morgan fingerprint density at radius 1 is 1.09 bits per heavy atom. The highest BCUT2D eigenvalue weighted by Crippen LogP contribution is 2.26. The minimum atomic E-state index is -0.297. The van der Waals surface area contributed by atoms with Gasteiger partial charge in [0.05, 0.1) is 12.7 Å². The Labute approximate surface area is 192 Å². The van der Waals surface area contributed by atoms with Gasteiger partial charge in [0, 0.05) is 31.7 Å². The van der Waals surface area contributed by atoms with Gasteiger partial charge < -0.3 is 25.4 Å². The quantitative estimate of drug-likeness (QED) is 0.578. The molecule has 0 radical (unpaired) electrons. The molecular weight excluding hydrogens is 420 g/mol. The van der Waals surface area contributed by atoms with Gasteiger partial charge in [0.2, 0.25) is 0 Å². The van der Waals surface area contributed by atoms with Crippen LogP contribution >= 0.6 is 0 Å². The summed E-state index contributed by atoms with van der Waals surface area (Å²) in [6.07, 6.45) is 0.561. The number of nitrogens with two attached hydrogens (primary N) is 1. The van der Waals surface area contributed by atoms with Gasteiger partial charge >= 0.3 is 0 Å². The first-order valence-corrected chi connectivity index (χ1v) is 10.7. The van der Waals surface area contributed by atoms with Crippen LogP contribution in [-0.4, -0.2) is 42.0 Å². The molecule has 2 heterocycles. The standard InChI is InChI=1S/C25H26N4O4/c1-32-21-9-5-6-10-22(21)33-16-23(30)29-12-11-20-18(15-29)13-19(24(26)28-20)25(31)27-14-17-7-3-2-4-8-17/h2-10,13H,11-12,14-16H2,1H3,(H2,26,28)(H,27,31). The molecule has 1 aromatic heterocycles. The topological polar surface area (TPSA) is 107 Å². The lowest BCUT2D eigenvalue weighted by Gasteiger charge is -2.29. The molecule has 0 spiro atoms. The number of carbonyl (C=O) groups is 2. The van der Waals surface area contributed by atoms with E-state index in [-0.39, 0.29) is 24.2 Å². The molecule has 2 amide bonds. The van der Waals surface area contributed by atoms with E-state index in [0.717, 1.165) is 16.8 Å². The van der Waals surface area contributed by atoms with E-state index < -0.39 is 0 Å². The van der Waals surface area contributed by atoms with E-state index in [1.165, 1.54) is 0 Å². The predicted molar refractivity (Wildman–Crippen MR) is 124 cm³/mol. The van der Waals surface area contributed by atoms with Gasteiger partial charge in [-0.15, -0.1) is 0 Å². The van der Waals surface area contributed by atoms with E-state index >= 15 is 0 Å². The number of fused-ring (bicyclic) bond motifs is 1. The Kier molecular flexibility index (Phi) is 6.73. The number of para-hydroxylation sites is 2. The van der Waals surface area contributed by atoms with E-state index in [0.29, 0.717) is 43.1 Å². The molecule has 8 heteroatoms. The molecule has 2 aromatic carbocycles. The van der Waals surface area contributed by atoms with E-state index in [4.69, 9.17) is 15.2 Å². The number of nitrogen functional groups attached to an aromatic ring is 1. The third-order valence-corrected chi connectivity index (χ3v) is 5.51. The van der Waals surface area contributed by atoms with E-state index in [9.17, 15) is 9.59 Å². The lowest BCUT2D eigenvalue weighted by molar-refractivity contribution is -0.134. The van der Waals surface area contributed by atoms with Crippen molar-refractivity contribution >= 4 is 17.6 Å². The molecule has 0 unspecified atom stereocenters. The lowest BCUT2D eigenvalue weighted by Crippen LogP contribution is -2.39. The summed E-state index contributed by atoms with van der Waals surface area (Å²) >= 11 is 0. The molecular formula is C25H26N4O4. The molecule has 0 aliphatic carbocycles. The van der Waals surface area contributed by atoms with Gasteiger partial charge in [-0.1, -0.05) is 42.5 Å². The number of nitrogens with zero attached hydrogens (tertiary/aromatic N) is 2. The van der Waals surface area contributed by atoms with Crippen molar-refractivity contribution in [1.82, 2.24) is 15.2 Å². The minimum Gasteiger partial charge on any atom is -0.493 e. The Balaban J connectivity index is 1.41. The van der Waals surface area contributed by atoms with Gasteiger partial charge in [-0.2, -0.15) is 0 Å². The summed E-state index contributed by atoms with van der Waals surface area (Å²) in [5.74, 6) is 0.823. The fourth-order valence-electron chi connectivity index (χ4n) is 3.72. The van der Waals surface area contributed by atoms with Crippen LogP contribution in [0.25, 0.3) is 0 Å². The number of amides is 2. The molecule has 4 rings (SSSR count). The maximum Gasteiger partial charge on any atom is 0.260 e. The number of nitrogens with one attached hydrogen (secondary N) is 1. The fourth-order valence-corrected chi connectivity index (χ4v) is 3.72. The first-order chi connectivity index (χ1) is 16.0. The van der Waals surface area contributed by atoms with Crippen molar-refractivity contribution in [2.45, 2.75) is 19.5 Å². The second-order valence-corrected chi connectivity index (χ2v) is 7.70. The monoisotopic (exact) mass is 446 g/mol. The molecule has 8 nitrogen and oxygen atoms in total. The highest BCUT2D eigenvalue weighted by molar-refractivity contribution is 5.98. The van der Waals surface area contributed by atoms with Crippen molar-refractivity contribution in [3.8, 4) is 11.5 Å². The maximum atomic E-state index is 12.8. The zero-order valence-electron chi connectivity index (χ0n) is 18.4. The Bertz CT molecular complexity index is 1150. The van der Waals surface area contributed by atoms with Crippen molar-refractivity contribution in [2.75, 3.05) is 26.0 Å². The molecule has 3 N–H and O–H groups in total. The van der Waals surface area contributed by atoms with Gasteiger partial charge in [0.1, 0.15) is 5.82 Å². The average molecular weight is 447 g/mol. The predicted octanol–water partition coefficient (Wildman–Crippen LogP) is 2.57. The van der Waals surface area contributed by atoms with Crippen LogP contribution in [0.1, 0.15) is 27.2 Å². The summed E-state index contributed by atoms with van der Waals surface area (Å²) in [5, 5.41) is 2.87. The zero-order valence-corrected chi connectivity index (χ0v) is 18.4. The number of methoxy groups -OCH3 is 1. The van der Waals surface area contributed by atoms with Gasteiger partial charge in [-0.3, -0.25) is 9.59 Å². The lowest BCUT2D eigenvalue weighted by atomic mass is 10.0. The van der Waals surface area contributed by atoms with Crippen molar-refractivity contribution in [2.24, 2.45) is 0 Å². The van der Waals surface area contributed by atoms with E-state index in [1.807, 2.05) is 42.5 Å². The molecule has 0 fully saturated rings. The van der Waals surface area contributed by atoms with Crippen LogP contribution in [0.5, 0.6) is 11.5 Å². The van der Waals surface area contributed by atoms with Gasteiger partial charge in [-0.25, -0.2) is 4.98 Å². The van der Waals surface area contributed by atoms with Crippen LogP contribution < -0.4 is 20.5 Å². The molecule has 170 valence electrons. The largest absolute Gasteiger partial charge is 0.493 e. The normalized spacial score (nSPS) is 12.6. The zero-order chi connectivity index (χ0) is 23.2. The number of hydrogen-bond donors (Lipinski definition) is 2. The fraction of sp³-hybridized carbons (Fsp3) is 0.240.